The van der Waals surface area contributed by atoms with Crippen molar-refractivity contribution >= 4 is 5.97 Å². The molecule has 0 aliphatic heterocycles. The summed E-state index contributed by atoms with van der Waals surface area (Å²) in [5, 5.41) is 3.53. The summed E-state index contributed by atoms with van der Waals surface area (Å²) < 4.78 is 5.09. The van der Waals surface area contributed by atoms with E-state index in [0.717, 1.165) is 37.9 Å². The van der Waals surface area contributed by atoms with Crippen molar-refractivity contribution in [2.45, 2.75) is 52.1 Å². The Labute approximate surface area is 120 Å². The first kappa shape index (κ1) is 15.0. The number of hydrogen-bond donors (Lipinski definition) is 1. The van der Waals surface area contributed by atoms with Crippen molar-refractivity contribution in [3.05, 3.63) is 29.6 Å². The van der Waals surface area contributed by atoms with E-state index >= 15 is 0 Å². The molecule has 1 aliphatic carbocycles. The highest BCUT2D eigenvalue weighted by Gasteiger charge is 2.26. The Morgan fingerprint density at radius 1 is 1.35 bits per heavy atom. The Kier molecular flexibility index (Phi) is 5.53. The van der Waals surface area contributed by atoms with E-state index in [9.17, 15) is 4.79 Å². The minimum Gasteiger partial charge on any atom is -0.466 e. The highest BCUT2D eigenvalue weighted by Crippen LogP contribution is 2.25. The number of pyridine rings is 1. The van der Waals surface area contributed by atoms with E-state index in [1.54, 1.807) is 0 Å². The summed E-state index contributed by atoms with van der Waals surface area (Å²) in [5.74, 6) is 0.0802. The van der Waals surface area contributed by atoms with Crippen molar-refractivity contribution < 1.29 is 9.53 Å². The summed E-state index contributed by atoms with van der Waals surface area (Å²) in [6.07, 6.45) is 5.83. The molecule has 1 N–H and O–H groups in total. The molecule has 1 fully saturated rings. The van der Waals surface area contributed by atoms with Crippen LogP contribution in [0.15, 0.2) is 18.3 Å². The lowest BCUT2D eigenvalue weighted by Gasteiger charge is -2.27. The van der Waals surface area contributed by atoms with Crippen molar-refractivity contribution in [3.8, 4) is 0 Å². The maximum absolute atomic E-state index is 11.7. The molecule has 0 aromatic carbocycles. The van der Waals surface area contributed by atoms with Gasteiger partial charge in [-0.1, -0.05) is 6.07 Å². The normalized spacial score (nSPS) is 22.5. The van der Waals surface area contributed by atoms with E-state index < -0.39 is 0 Å². The minimum absolute atomic E-state index is 0.0221. The Bertz CT molecular complexity index is 423. The Hall–Kier alpha value is -1.42. The van der Waals surface area contributed by atoms with Crippen LogP contribution in [0.4, 0.5) is 0 Å². The average molecular weight is 276 g/mol. The molecule has 0 unspecified atom stereocenters. The fraction of sp³-hybridized carbons (Fsp3) is 0.625. The van der Waals surface area contributed by atoms with Crippen molar-refractivity contribution in [1.82, 2.24) is 10.3 Å². The van der Waals surface area contributed by atoms with Gasteiger partial charge in [-0.15, -0.1) is 0 Å². The molecule has 1 heterocycles. The summed E-state index contributed by atoms with van der Waals surface area (Å²) >= 11 is 0. The van der Waals surface area contributed by atoms with Gasteiger partial charge in [0.15, 0.2) is 0 Å². The van der Waals surface area contributed by atoms with E-state index in [-0.39, 0.29) is 11.9 Å². The van der Waals surface area contributed by atoms with Crippen LogP contribution in [-0.2, 0) is 16.1 Å². The Balaban J connectivity index is 1.72. The van der Waals surface area contributed by atoms with Crippen molar-refractivity contribution in [1.29, 1.82) is 0 Å². The topological polar surface area (TPSA) is 51.2 Å². The van der Waals surface area contributed by atoms with E-state index in [1.165, 1.54) is 5.56 Å². The largest absolute Gasteiger partial charge is 0.466 e. The molecule has 1 saturated carbocycles. The SMILES string of the molecule is CCOC(=O)C1CCC(NCc2ccc(C)cn2)CC1. The molecule has 20 heavy (non-hydrogen) atoms. The van der Waals surface area contributed by atoms with Gasteiger partial charge in [-0.2, -0.15) is 0 Å². The van der Waals surface area contributed by atoms with Crippen LogP contribution in [-0.4, -0.2) is 23.6 Å². The lowest BCUT2D eigenvalue weighted by molar-refractivity contribution is -0.149. The third-order valence-electron chi connectivity index (χ3n) is 3.89. The molecule has 4 heteroatoms. The molecular formula is C16H24N2O2. The number of nitrogens with zero attached hydrogens (tertiary/aromatic N) is 1. The fourth-order valence-electron chi connectivity index (χ4n) is 2.65. The molecule has 0 atom stereocenters. The van der Waals surface area contributed by atoms with Crippen LogP contribution in [0, 0.1) is 12.8 Å². The summed E-state index contributed by atoms with van der Waals surface area (Å²) in [5.41, 5.74) is 2.26. The van der Waals surface area contributed by atoms with Gasteiger partial charge >= 0.3 is 5.97 Å². The summed E-state index contributed by atoms with van der Waals surface area (Å²) in [6, 6.07) is 4.64. The zero-order chi connectivity index (χ0) is 14.4. The summed E-state index contributed by atoms with van der Waals surface area (Å²) in [4.78, 5) is 16.1. The second-order valence-corrected chi connectivity index (χ2v) is 5.51. The van der Waals surface area contributed by atoms with Crippen LogP contribution in [0.3, 0.4) is 0 Å². The van der Waals surface area contributed by atoms with Gasteiger partial charge in [-0.05, 0) is 51.2 Å². The number of hydrogen-bond acceptors (Lipinski definition) is 4. The van der Waals surface area contributed by atoms with Crippen LogP contribution < -0.4 is 5.32 Å². The number of carbonyl (C=O) groups excluding carboxylic acids is 1. The molecule has 110 valence electrons. The smallest absolute Gasteiger partial charge is 0.308 e. The Morgan fingerprint density at radius 3 is 2.70 bits per heavy atom. The van der Waals surface area contributed by atoms with E-state index in [1.807, 2.05) is 20.0 Å². The van der Waals surface area contributed by atoms with E-state index in [2.05, 4.69) is 22.4 Å². The fourth-order valence-corrected chi connectivity index (χ4v) is 2.65. The summed E-state index contributed by atoms with van der Waals surface area (Å²) in [7, 11) is 0. The molecule has 0 amide bonds. The average Bonchev–Trinajstić information content (AvgIpc) is 2.47. The molecule has 2 rings (SSSR count). The van der Waals surface area contributed by atoms with Gasteiger partial charge in [-0.3, -0.25) is 9.78 Å². The molecule has 1 aromatic rings. The molecular weight excluding hydrogens is 252 g/mol. The first-order valence-electron chi connectivity index (χ1n) is 7.50. The van der Waals surface area contributed by atoms with Gasteiger partial charge in [0.25, 0.3) is 0 Å². The van der Waals surface area contributed by atoms with Gasteiger partial charge in [0.2, 0.25) is 0 Å². The number of ether oxygens (including phenoxy) is 1. The monoisotopic (exact) mass is 276 g/mol. The highest BCUT2D eigenvalue weighted by atomic mass is 16.5. The zero-order valence-electron chi connectivity index (χ0n) is 12.4. The third kappa shape index (κ3) is 4.30. The molecule has 1 aromatic heterocycles. The van der Waals surface area contributed by atoms with Gasteiger partial charge in [0, 0.05) is 18.8 Å². The number of esters is 1. The second-order valence-electron chi connectivity index (χ2n) is 5.51. The first-order valence-corrected chi connectivity index (χ1v) is 7.50. The van der Waals surface area contributed by atoms with Crippen LogP contribution >= 0.6 is 0 Å². The second kappa shape index (κ2) is 7.39. The number of nitrogens with one attached hydrogen (secondary N) is 1. The third-order valence-corrected chi connectivity index (χ3v) is 3.89. The van der Waals surface area contributed by atoms with Gasteiger partial charge in [0.05, 0.1) is 18.2 Å². The number of aromatic nitrogens is 1. The first-order chi connectivity index (χ1) is 9.69. The standard InChI is InChI=1S/C16H24N2O2/c1-3-20-16(19)13-5-8-14(9-6-13)18-11-15-7-4-12(2)10-17-15/h4,7,10,13-14,18H,3,5-6,8-9,11H2,1-2H3. The van der Waals surface area contributed by atoms with Gasteiger partial charge in [0.1, 0.15) is 0 Å². The zero-order valence-corrected chi connectivity index (χ0v) is 12.4. The molecule has 1 aliphatic rings. The van der Waals surface area contributed by atoms with E-state index in [4.69, 9.17) is 4.74 Å². The quantitative estimate of drug-likeness (QED) is 0.840. The molecule has 0 bridgehead atoms. The van der Waals surface area contributed by atoms with Crippen LogP contribution in [0.2, 0.25) is 0 Å². The Morgan fingerprint density at radius 2 is 2.10 bits per heavy atom. The van der Waals surface area contributed by atoms with Crippen molar-refractivity contribution in [2.24, 2.45) is 5.92 Å². The van der Waals surface area contributed by atoms with E-state index in [0.29, 0.717) is 12.6 Å². The van der Waals surface area contributed by atoms with Crippen LogP contribution in [0.5, 0.6) is 0 Å². The minimum atomic E-state index is -0.0221. The molecule has 0 radical (unpaired) electrons. The van der Waals surface area contributed by atoms with Crippen LogP contribution in [0.25, 0.3) is 0 Å². The predicted octanol–water partition coefficient (Wildman–Crippen LogP) is 2.60. The van der Waals surface area contributed by atoms with Gasteiger partial charge < -0.3 is 10.1 Å². The number of aryl methyl sites for hydroxylation is 1. The lowest BCUT2D eigenvalue weighted by atomic mass is 9.86. The maximum Gasteiger partial charge on any atom is 0.308 e. The van der Waals surface area contributed by atoms with Crippen molar-refractivity contribution in [2.75, 3.05) is 6.61 Å². The lowest BCUT2D eigenvalue weighted by Crippen LogP contribution is -2.35. The molecule has 0 saturated heterocycles. The number of carbonyl (C=O) groups is 1. The van der Waals surface area contributed by atoms with Crippen molar-refractivity contribution in [3.63, 3.8) is 0 Å². The maximum atomic E-state index is 11.7. The highest BCUT2D eigenvalue weighted by molar-refractivity contribution is 5.72. The van der Waals surface area contributed by atoms with Crippen LogP contribution in [0.1, 0.15) is 43.9 Å². The molecule has 0 spiro atoms. The summed E-state index contributed by atoms with van der Waals surface area (Å²) in [6.45, 7) is 5.19. The number of rotatable bonds is 5. The molecule has 4 nitrogen and oxygen atoms in total. The predicted molar refractivity (Wildman–Crippen MR) is 78.2 cm³/mol. The van der Waals surface area contributed by atoms with Gasteiger partial charge in [-0.25, -0.2) is 0 Å².